The zero-order valence-electron chi connectivity index (χ0n) is 11.8. The molecule has 1 aliphatic heterocycles. The van der Waals surface area contributed by atoms with Crippen LogP contribution >= 0.6 is 0 Å². The molecule has 1 saturated heterocycles. The summed E-state index contributed by atoms with van der Waals surface area (Å²) < 4.78 is 43.3. The lowest BCUT2D eigenvalue weighted by Crippen LogP contribution is -2.28. The van der Waals surface area contributed by atoms with Gasteiger partial charge in [0.25, 0.3) is 0 Å². The average Bonchev–Trinajstić information content (AvgIpc) is 2.97. The van der Waals surface area contributed by atoms with Gasteiger partial charge in [-0.05, 0) is 45.1 Å². The third kappa shape index (κ3) is 3.39. The molecule has 0 bridgehead atoms. The van der Waals surface area contributed by atoms with Gasteiger partial charge in [-0.3, -0.25) is 0 Å². The number of piperidine rings is 1. The Morgan fingerprint density at radius 2 is 1.81 bits per heavy atom. The first-order chi connectivity index (χ1) is 10.0. The van der Waals surface area contributed by atoms with E-state index in [2.05, 4.69) is 15.5 Å². The van der Waals surface area contributed by atoms with Gasteiger partial charge in [-0.25, -0.2) is 0 Å². The lowest BCUT2D eigenvalue weighted by Gasteiger charge is -2.27. The minimum atomic E-state index is -4.07. The van der Waals surface area contributed by atoms with Gasteiger partial charge < -0.3 is 9.84 Å². The molecule has 7 heteroatoms. The molecule has 0 radical (unpaired) electrons. The summed E-state index contributed by atoms with van der Waals surface area (Å²) in [6.45, 7) is 0.950. The third-order valence-electron chi connectivity index (χ3n) is 4.62. The summed E-state index contributed by atoms with van der Waals surface area (Å²) in [6.07, 6.45) is 0.479. The van der Waals surface area contributed by atoms with Crippen molar-refractivity contribution in [1.82, 2.24) is 15.5 Å². The number of hydrogen-bond donors (Lipinski definition) is 1. The summed E-state index contributed by atoms with van der Waals surface area (Å²) in [5.41, 5.74) is 0. The molecular formula is C14H20F3N3O. The number of hydrogen-bond acceptors (Lipinski definition) is 4. The molecule has 1 aromatic rings. The van der Waals surface area contributed by atoms with Gasteiger partial charge in [-0.2, -0.15) is 18.2 Å². The highest BCUT2D eigenvalue weighted by Gasteiger charge is 2.42. The van der Waals surface area contributed by atoms with E-state index in [-0.39, 0.29) is 24.8 Å². The van der Waals surface area contributed by atoms with Gasteiger partial charge in [0.2, 0.25) is 5.89 Å². The molecule has 0 aromatic carbocycles. The number of aromatic nitrogens is 2. The predicted octanol–water partition coefficient (Wildman–Crippen LogP) is 3.72. The van der Waals surface area contributed by atoms with E-state index in [4.69, 9.17) is 4.52 Å². The summed E-state index contributed by atoms with van der Waals surface area (Å²) in [7, 11) is 0. The van der Waals surface area contributed by atoms with Gasteiger partial charge >= 0.3 is 6.18 Å². The predicted molar refractivity (Wildman–Crippen MR) is 69.6 cm³/mol. The fraction of sp³-hybridized carbons (Fsp3) is 0.857. The molecule has 2 fully saturated rings. The molecule has 0 spiro atoms. The Hall–Kier alpha value is -1.11. The van der Waals surface area contributed by atoms with E-state index in [1.807, 2.05) is 0 Å². The van der Waals surface area contributed by atoms with Crippen molar-refractivity contribution in [3.05, 3.63) is 11.7 Å². The Labute approximate surface area is 121 Å². The second kappa shape index (κ2) is 5.94. The smallest absolute Gasteiger partial charge is 0.339 e. The molecule has 2 heterocycles. The van der Waals surface area contributed by atoms with Crippen molar-refractivity contribution in [2.24, 2.45) is 5.92 Å². The first-order valence-corrected chi connectivity index (χ1v) is 7.67. The Balaban J connectivity index is 1.60. The number of alkyl halides is 3. The highest BCUT2D eigenvalue weighted by Crippen LogP contribution is 2.42. The van der Waals surface area contributed by atoms with E-state index in [9.17, 15) is 13.2 Å². The molecule has 4 nitrogen and oxygen atoms in total. The van der Waals surface area contributed by atoms with Gasteiger partial charge in [-0.15, -0.1) is 0 Å². The van der Waals surface area contributed by atoms with Crippen LogP contribution in [0.5, 0.6) is 0 Å². The van der Waals surface area contributed by atoms with Crippen molar-refractivity contribution in [2.75, 3.05) is 6.54 Å². The van der Waals surface area contributed by atoms with Crippen molar-refractivity contribution in [3.8, 4) is 0 Å². The summed E-state index contributed by atoms with van der Waals surface area (Å²) in [5.74, 6) is -0.0229. The fourth-order valence-electron chi connectivity index (χ4n) is 3.29. The Bertz CT molecular complexity index is 460. The quantitative estimate of drug-likeness (QED) is 0.904. The monoisotopic (exact) mass is 303 g/mol. The van der Waals surface area contributed by atoms with Gasteiger partial charge in [0, 0.05) is 5.92 Å². The van der Waals surface area contributed by atoms with E-state index < -0.39 is 12.1 Å². The zero-order valence-corrected chi connectivity index (χ0v) is 11.8. The van der Waals surface area contributed by atoms with E-state index >= 15 is 0 Å². The Kier molecular flexibility index (Phi) is 4.19. The fourth-order valence-corrected chi connectivity index (χ4v) is 3.29. The molecule has 21 heavy (non-hydrogen) atoms. The van der Waals surface area contributed by atoms with E-state index in [0.717, 1.165) is 25.8 Å². The molecule has 1 atom stereocenters. The van der Waals surface area contributed by atoms with Crippen LogP contribution in [0.3, 0.4) is 0 Å². The van der Waals surface area contributed by atoms with Crippen LogP contribution in [0.1, 0.15) is 68.6 Å². The molecule has 1 aromatic heterocycles. The standard InChI is InChI=1S/C14H20F3N3O/c15-14(16,17)10-6-4-9(5-7-10)13-19-12(20-21-13)11-3-1-2-8-18-11/h9-11,18H,1-8H2. The molecule has 0 amide bonds. The topological polar surface area (TPSA) is 51.0 Å². The van der Waals surface area contributed by atoms with E-state index in [1.165, 1.54) is 0 Å². The molecule has 1 N–H and O–H groups in total. The van der Waals surface area contributed by atoms with Crippen molar-refractivity contribution >= 4 is 0 Å². The van der Waals surface area contributed by atoms with Crippen LogP contribution in [0.25, 0.3) is 0 Å². The minimum absolute atomic E-state index is 0.0200. The van der Waals surface area contributed by atoms with Crippen LogP contribution in [0, 0.1) is 5.92 Å². The number of nitrogens with zero attached hydrogens (tertiary/aromatic N) is 2. The van der Waals surface area contributed by atoms with Crippen molar-refractivity contribution < 1.29 is 17.7 Å². The molecule has 2 aliphatic rings. The molecule has 1 unspecified atom stereocenters. The van der Waals surface area contributed by atoms with Crippen LogP contribution in [0.15, 0.2) is 4.52 Å². The minimum Gasteiger partial charge on any atom is -0.339 e. The second-order valence-corrected chi connectivity index (χ2v) is 6.08. The van der Waals surface area contributed by atoms with E-state index in [1.54, 1.807) is 0 Å². The first kappa shape index (κ1) is 14.8. The van der Waals surface area contributed by atoms with Crippen LogP contribution < -0.4 is 5.32 Å². The molecular weight excluding hydrogens is 283 g/mol. The molecule has 1 saturated carbocycles. The van der Waals surface area contributed by atoms with Gasteiger partial charge in [0.05, 0.1) is 12.0 Å². The number of halogens is 3. The molecule has 118 valence electrons. The average molecular weight is 303 g/mol. The number of rotatable bonds is 2. The van der Waals surface area contributed by atoms with Crippen LogP contribution in [-0.2, 0) is 0 Å². The normalized spacial score (nSPS) is 31.3. The second-order valence-electron chi connectivity index (χ2n) is 6.08. The first-order valence-electron chi connectivity index (χ1n) is 7.67. The van der Waals surface area contributed by atoms with Gasteiger partial charge in [-0.1, -0.05) is 11.6 Å². The largest absolute Gasteiger partial charge is 0.391 e. The SMILES string of the molecule is FC(F)(F)C1CCC(c2nc(C3CCCCN3)no2)CC1. The summed E-state index contributed by atoms with van der Waals surface area (Å²) in [4.78, 5) is 4.42. The molecule has 3 rings (SSSR count). The lowest BCUT2D eigenvalue weighted by atomic mass is 9.81. The summed E-state index contributed by atoms with van der Waals surface area (Å²) >= 11 is 0. The maximum Gasteiger partial charge on any atom is 0.391 e. The highest BCUT2D eigenvalue weighted by molar-refractivity contribution is 5.01. The van der Waals surface area contributed by atoms with Crippen LogP contribution in [0.2, 0.25) is 0 Å². The van der Waals surface area contributed by atoms with Crippen LogP contribution in [-0.4, -0.2) is 22.9 Å². The summed E-state index contributed by atoms with van der Waals surface area (Å²) in [5, 5.41) is 7.36. The van der Waals surface area contributed by atoms with Gasteiger partial charge in [0.1, 0.15) is 0 Å². The Morgan fingerprint density at radius 3 is 2.43 bits per heavy atom. The van der Waals surface area contributed by atoms with Crippen molar-refractivity contribution in [2.45, 2.75) is 63.1 Å². The van der Waals surface area contributed by atoms with Crippen molar-refractivity contribution in [3.63, 3.8) is 0 Å². The van der Waals surface area contributed by atoms with Crippen LogP contribution in [0.4, 0.5) is 13.2 Å². The lowest BCUT2D eigenvalue weighted by molar-refractivity contribution is -0.182. The van der Waals surface area contributed by atoms with Gasteiger partial charge in [0.15, 0.2) is 5.82 Å². The van der Waals surface area contributed by atoms with Crippen molar-refractivity contribution in [1.29, 1.82) is 0 Å². The zero-order chi connectivity index (χ0) is 14.9. The number of nitrogens with one attached hydrogen (secondary N) is 1. The maximum atomic E-state index is 12.7. The third-order valence-corrected chi connectivity index (χ3v) is 4.62. The summed E-state index contributed by atoms with van der Waals surface area (Å²) in [6, 6.07) is 0.128. The highest BCUT2D eigenvalue weighted by atomic mass is 19.4. The Morgan fingerprint density at radius 1 is 1.05 bits per heavy atom. The maximum absolute atomic E-state index is 12.7. The van der Waals surface area contributed by atoms with E-state index in [0.29, 0.717) is 24.6 Å². The molecule has 1 aliphatic carbocycles.